The van der Waals surface area contributed by atoms with Crippen LogP contribution in [0.1, 0.15) is 42.8 Å². The Hall–Kier alpha value is -1.85. The number of carbonyl (C=O) groups is 1. The second-order valence-electron chi connectivity index (χ2n) is 6.86. The van der Waals surface area contributed by atoms with E-state index in [4.69, 9.17) is 4.74 Å². The van der Waals surface area contributed by atoms with Crippen molar-refractivity contribution in [2.24, 2.45) is 5.92 Å². The number of amides is 1. The van der Waals surface area contributed by atoms with Crippen molar-refractivity contribution in [1.29, 1.82) is 0 Å². The second-order valence-corrected chi connectivity index (χ2v) is 7.77. The van der Waals surface area contributed by atoms with E-state index in [0.717, 1.165) is 10.0 Å². The first-order valence-corrected chi connectivity index (χ1v) is 9.53. The van der Waals surface area contributed by atoms with Crippen molar-refractivity contribution < 1.29 is 14.6 Å². The number of ether oxygens (including phenoxy) is 1. The molecule has 0 heterocycles. The first-order valence-electron chi connectivity index (χ1n) is 8.73. The predicted octanol–water partition coefficient (Wildman–Crippen LogP) is 4.68. The van der Waals surface area contributed by atoms with Crippen molar-refractivity contribution >= 4 is 21.8 Å². The first-order chi connectivity index (χ1) is 12.3. The Kier molecular flexibility index (Phi) is 7.23. The fourth-order valence-corrected chi connectivity index (χ4v) is 2.93. The van der Waals surface area contributed by atoms with E-state index in [0.29, 0.717) is 23.8 Å². The SMILES string of the molecule is CC(C)COc1ccc(Br)cc1C(=O)N(C)C(C)C(O)c1ccccc1. The molecule has 0 radical (unpaired) electrons. The van der Waals surface area contributed by atoms with Gasteiger partial charge in [0.2, 0.25) is 0 Å². The van der Waals surface area contributed by atoms with E-state index in [9.17, 15) is 9.90 Å². The second kappa shape index (κ2) is 9.19. The van der Waals surface area contributed by atoms with Crippen LogP contribution < -0.4 is 4.74 Å². The molecule has 0 aliphatic rings. The molecule has 0 bridgehead atoms. The molecule has 2 atom stereocenters. The van der Waals surface area contributed by atoms with Crippen LogP contribution in [0.3, 0.4) is 0 Å². The van der Waals surface area contributed by atoms with Gasteiger partial charge in [-0.1, -0.05) is 60.1 Å². The molecule has 2 aromatic rings. The van der Waals surface area contributed by atoms with Crippen LogP contribution in [0, 0.1) is 5.92 Å². The molecule has 0 saturated heterocycles. The highest BCUT2D eigenvalue weighted by Crippen LogP contribution is 2.27. The quantitative estimate of drug-likeness (QED) is 0.708. The molecule has 0 aromatic heterocycles. The minimum absolute atomic E-state index is 0.187. The van der Waals surface area contributed by atoms with E-state index >= 15 is 0 Å². The maximum Gasteiger partial charge on any atom is 0.257 e. The van der Waals surface area contributed by atoms with E-state index in [1.807, 2.05) is 43.3 Å². The van der Waals surface area contributed by atoms with Gasteiger partial charge in [-0.3, -0.25) is 4.79 Å². The molecule has 2 unspecified atom stereocenters. The first kappa shape index (κ1) is 20.5. The zero-order chi connectivity index (χ0) is 19.3. The van der Waals surface area contributed by atoms with Gasteiger partial charge in [0.05, 0.1) is 24.3 Å². The van der Waals surface area contributed by atoms with Gasteiger partial charge >= 0.3 is 0 Å². The van der Waals surface area contributed by atoms with Gasteiger partial charge in [0, 0.05) is 11.5 Å². The summed E-state index contributed by atoms with van der Waals surface area (Å²) in [4.78, 5) is 14.6. The lowest BCUT2D eigenvalue weighted by Gasteiger charge is -2.30. The summed E-state index contributed by atoms with van der Waals surface area (Å²) in [7, 11) is 1.70. The molecule has 26 heavy (non-hydrogen) atoms. The summed E-state index contributed by atoms with van der Waals surface area (Å²) in [6.07, 6.45) is -0.766. The minimum Gasteiger partial charge on any atom is -0.492 e. The maximum absolute atomic E-state index is 13.1. The summed E-state index contributed by atoms with van der Waals surface area (Å²) >= 11 is 3.42. The van der Waals surface area contributed by atoms with Gasteiger partial charge in [-0.15, -0.1) is 0 Å². The number of hydrogen-bond acceptors (Lipinski definition) is 3. The van der Waals surface area contributed by atoms with E-state index in [1.54, 1.807) is 24.1 Å². The molecular formula is C21H26BrNO3. The summed E-state index contributed by atoms with van der Waals surface area (Å²) in [6, 6.07) is 14.4. The zero-order valence-corrected chi connectivity index (χ0v) is 17.2. The zero-order valence-electron chi connectivity index (χ0n) is 15.6. The molecule has 0 fully saturated rings. The highest BCUT2D eigenvalue weighted by atomic mass is 79.9. The number of nitrogens with zero attached hydrogens (tertiary/aromatic N) is 1. The topological polar surface area (TPSA) is 49.8 Å². The van der Waals surface area contributed by atoms with E-state index in [1.165, 1.54) is 0 Å². The van der Waals surface area contributed by atoms with Crippen LogP contribution in [0.5, 0.6) is 5.75 Å². The molecule has 1 amide bonds. The Labute approximate surface area is 163 Å². The maximum atomic E-state index is 13.1. The number of carbonyl (C=O) groups excluding carboxylic acids is 1. The molecule has 0 spiro atoms. The van der Waals surface area contributed by atoms with E-state index < -0.39 is 6.10 Å². The van der Waals surface area contributed by atoms with Crippen molar-refractivity contribution in [2.45, 2.75) is 32.9 Å². The molecule has 140 valence electrons. The van der Waals surface area contributed by atoms with Crippen molar-refractivity contribution in [2.75, 3.05) is 13.7 Å². The Morgan fingerprint density at radius 2 is 1.81 bits per heavy atom. The van der Waals surface area contributed by atoms with Gasteiger partial charge < -0.3 is 14.7 Å². The third-order valence-corrected chi connectivity index (χ3v) is 4.77. The Morgan fingerprint density at radius 1 is 1.15 bits per heavy atom. The number of likely N-dealkylation sites (N-methyl/N-ethyl adjacent to an activating group) is 1. The van der Waals surface area contributed by atoms with Crippen LogP contribution in [-0.2, 0) is 0 Å². The molecule has 1 N–H and O–H groups in total. The number of aliphatic hydroxyl groups is 1. The summed E-state index contributed by atoms with van der Waals surface area (Å²) in [5.74, 6) is 0.728. The lowest BCUT2D eigenvalue weighted by molar-refractivity contribution is 0.0483. The van der Waals surface area contributed by atoms with Gasteiger partial charge in [0.25, 0.3) is 5.91 Å². The summed E-state index contributed by atoms with van der Waals surface area (Å²) in [5.41, 5.74) is 1.26. The number of hydrogen-bond donors (Lipinski definition) is 1. The third kappa shape index (κ3) is 5.08. The normalized spacial score (nSPS) is 13.3. The highest BCUT2D eigenvalue weighted by Gasteiger charge is 2.26. The smallest absolute Gasteiger partial charge is 0.257 e. The number of benzene rings is 2. The van der Waals surface area contributed by atoms with E-state index in [2.05, 4.69) is 29.8 Å². The third-order valence-electron chi connectivity index (χ3n) is 4.27. The molecule has 0 aliphatic heterocycles. The molecule has 4 nitrogen and oxygen atoms in total. The number of halogens is 1. The van der Waals surface area contributed by atoms with Gasteiger partial charge in [0.1, 0.15) is 5.75 Å². The predicted molar refractivity (Wildman–Crippen MR) is 107 cm³/mol. The lowest BCUT2D eigenvalue weighted by Crippen LogP contribution is -2.39. The van der Waals surface area contributed by atoms with Crippen LogP contribution in [-0.4, -0.2) is 35.6 Å². The largest absolute Gasteiger partial charge is 0.492 e. The lowest BCUT2D eigenvalue weighted by atomic mass is 10.0. The average Bonchev–Trinajstić information content (AvgIpc) is 2.65. The Bertz CT molecular complexity index is 733. The summed E-state index contributed by atoms with van der Waals surface area (Å²) < 4.78 is 6.63. The summed E-state index contributed by atoms with van der Waals surface area (Å²) in [5, 5.41) is 10.6. The van der Waals surface area contributed by atoms with Crippen LogP contribution in [0.25, 0.3) is 0 Å². The standard InChI is InChI=1S/C21H26BrNO3/c1-14(2)13-26-19-11-10-17(22)12-18(19)21(25)23(4)15(3)20(24)16-8-6-5-7-9-16/h5-12,14-15,20,24H,13H2,1-4H3. The minimum atomic E-state index is -0.766. The average molecular weight is 420 g/mol. The van der Waals surface area contributed by atoms with E-state index in [-0.39, 0.29) is 11.9 Å². The summed E-state index contributed by atoms with van der Waals surface area (Å²) in [6.45, 7) is 6.49. The molecule has 5 heteroatoms. The molecule has 2 aromatic carbocycles. The molecule has 2 rings (SSSR count). The van der Waals surface area contributed by atoms with Gasteiger partial charge in [-0.2, -0.15) is 0 Å². The molecule has 0 aliphatic carbocycles. The monoisotopic (exact) mass is 419 g/mol. The number of aliphatic hydroxyl groups excluding tert-OH is 1. The van der Waals surface area contributed by atoms with Gasteiger partial charge in [-0.25, -0.2) is 0 Å². The Morgan fingerprint density at radius 3 is 2.42 bits per heavy atom. The highest BCUT2D eigenvalue weighted by molar-refractivity contribution is 9.10. The van der Waals surface area contributed by atoms with Crippen molar-refractivity contribution in [3.05, 3.63) is 64.1 Å². The van der Waals surface area contributed by atoms with Crippen molar-refractivity contribution in [1.82, 2.24) is 4.90 Å². The number of rotatable bonds is 7. The fraction of sp³-hybridized carbons (Fsp3) is 0.381. The van der Waals surface area contributed by atoms with Crippen LogP contribution in [0.4, 0.5) is 0 Å². The Balaban J connectivity index is 2.22. The van der Waals surface area contributed by atoms with Crippen LogP contribution >= 0.6 is 15.9 Å². The molecular weight excluding hydrogens is 394 g/mol. The van der Waals surface area contributed by atoms with Crippen LogP contribution in [0.15, 0.2) is 53.0 Å². The van der Waals surface area contributed by atoms with Gasteiger partial charge in [0.15, 0.2) is 0 Å². The van der Waals surface area contributed by atoms with Crippen molar-refractivity contribution in [3.63, 3.8) is 0 Å². The van der Waals surface area contributed by atoms with Crippen molar-refractivity contribution in [3.8, 4) is 5.75 Å². The fourth-order valence-electron chi connectivity index (χ4n) is 2.57. The van der Waals surface area contributed by atoms with Gasteiger partial charge in [-0.05, 0) is 36.6 Å². The molecule has 0 saturated carbocycles. The van der Waals surface area contributed by atoms with Crippen LogP contribution in [0.2, 0.25) is 0 Å².